The van der Waals surface area contributed by atoms with Gasteiger partial charge in [-0.1, -0.05) is 0 Å². The van der Waals surface area contributed by atoms with Crippen LogP contribution < -0.4 is 5.84 Å². The lowest BCUT2D eigenvalue weighted by Crippen LogP contribution is -2.56. The van der Waals surface area contributed by atoms with Gasteiger partial charge < -0.3 is 4.90 Å². The van der Waals surface area contributed by atoms with Gasteiger partial charge in [0, 0.05) is 31.8 Å². The second-order valence-corrected chi connectivity index (χ2v) is 3.51. The summed E-state index contributed by atoms with van der Waals surface area (Å²) in [6, 6.07) is 3.60. The first-order valence-corrected chi connectivity index (χ1v) is 4.92. The van der Waals surface area contributed by atoms with E-state index in [1.807, 2.05) is 6.07 Å². The highest BCUT2D eigenvalue weighted by Gasteiger charge is 2.27. The van der Waals surface area contributed by atoms with Gasteiger partial charge in [0.05, 0.1) is 24.6 Å². The molecule has 2 N–H and O–H groups in total. The van der Waals surface area contributed by atoms with Crippen molar-refractivity contribution in [3.8, 4) is 12.1 Å². The van der Waals surface area contributed by atoms with Crippen LogP contribution in [0.3, 0.4) is 0 Å². The number of carbonyl (C=O) groups excluding carboxylic acids is 1. The normalized spacial score (nSPS) is 21.7. The number of nitrogens with zero attached hydrogens (tertiary/aromatic N) is 4. The zero-order valence-corrected chi connectivity index (χ0v) is 8.83. The summed E-state index contributed by atoms with van der Waals surface area (Å²) < 4.78 is 0. The Morgan fingerprint density at radius 1 is 1.50 bits per heavy atom. The molecule has 0 aromatic rings. The summed E-state index contributed by atoms with van der Waals surface area (Å²) >= 11 is 0. The van der Waals surface area contributed by atoms with E-state index in [1.54, 1.807) is 16.0 Å². The molecule has 0 bridgehead atoms. The summed E-state index contributed by atoms with van der Waals surface area (Å²) in [6.45, 7) is 1.55. The number of piperazine rings is 1. The molecular weight excluding hydrogens is 206 g/mol. The van der Waals surface area contributed by atoms with Crippen molar-refractivity contribution in [3.63, 3.8) is 0 Å². The van der Waals surface area contributed by atoms with Crippen LogP contribution in [0.5, 0.6) is 0 Å². The lowest BCUT2D eigenvalue weighted by molar-refractivity contribution is -0.130. The largest absolute Gasteiger partial charge is 0.332 e. The third kappa shape index (κ3) is 3.06. The van der Waals surface area contributed by atoms with Gasteiger partial charge in [0.2, 0.25) is 5.91 Å². The maximum absolute atomic E-state index is 11.7. The zero-order valence-electron chi connectivity index (χ0n) is 8.83. The molecular formula is C10H13N5O. The molecule has 1 atom stereocenters. The lowest BCUT2D eigenvalue weighted by atomic mass is 10.1. The molecule has 0 aromatic carbocycles. The third-order valence-corrected chi connectivity index (χ3v) is 2.42. The van der Waals surface area contributed by atoms with E-state index in [0.29, 0.717) is 19.6 Å². The molecule has 16 heavy (non-hydrogen) atoms. The van der Waals surface area contributed by atoms with Crippen LogP contribution in [0.25, 0.3) is 0 Å². The predicted octanol–water partition coefficient (Wildman–Crippen LogP) is -0.634. The number of rotatable bonds is 2. The first-order chi connectivity index (χ1) is 7.69. The number of hydrogen-bond acceptors (Lipinski definition) is 5. The minimum atomic E-state index is -0.241. The number of amides is 1. The van der Waals surface area contributed by atoms with Gasteiger partial charge in [-0.25, -0.2) is 5.01 Å². The number of carbonyl (C=O) groups is 1. The Balaban J connectivity index is 2.70. The van der Waals surface area contributed by atoms with E-state index in [-0.39, 0.29) is 18.4 Å². The quantitative estimate of drug-likeness (QED) is 0.378. The number of hydrazine groups is 1. The Hall–Kier alpha value is -1.89. The van der Waals surface area contributed by atoms with Crippen molar-refractivity contribution in [1.82, 2.24) is 9.91 Å². The molecule has 1 fully saturated rings. The molecule has 1 amide bonds. The number of hydrogen-bond donors (Lipinski definition) is 1. The van der Waals surface area contributed by atoms with Gasteiger partial charge >= 0.3 is 0 Å². The van der Waals surface area contributed by atoms with Crippen LogP contribution in [0, 0.1) is 22.7 Å². The number of allylic oxidation sites excluding steroid dienone is 1. The fourth-order valence-corrected chi connectivity index (χ4v) is 1.65. The van der Waals surface area contributed by atoms with Crippen molar-refractivity contribution < 1.29 is 4.79 Å². The minimum Gasteiger partial charge on any atom is -0.332 e. The molecule has 0 saturated carbocycles. The molecule has 0 radical (unpaired) electrons. The standard InChI is InChI=1S/C10H13N5O/c11-4-1-2-10(16)15-7-6-14(13)8-9(15)3-5-12/h1-2,9H,3,6-8,13H2/b2-1-/t9-/m0/s1. The highest BCUT2D eigenvalue weighted by atomic mass is 16.2. The van der Waals surface area contributed by atoms with Gasteiger partial charge in [0.25, 0.3) is 0 Å². The van der Waals surface area contributed by atoms with Crippen LogP contribution in [-0.2, 0) is 4.79 Å². The molecule has 84 valence electrons. The van der Waals surface area contributed by atoms with Crippen LogP contribution in [-0.4, -0.2) is 41.5 Å². The summed E-state index contributed by atoms with van der Waals surface area (Å²) in [5.74, 6) is 5.39. The highest BCUT2D eigenvalue weighted by molar-refractivity contribution is 5.88. The van der Waals surface area contributed by atoms with Gasteiger partial charge in [0.1, 0.15) is 0 Å². The van der Waals surface area contributed by atoms with Crippen LogP contribution in [0.4, 0.5) is 0 Å². The van der Waals surface area contributed by atoms with Gasteiger partial charge in [-0.05, 0) is 0 Å². The Bertz CT molecular complexity index is 364. The summed E-state index contributed by atoms with van der Waals surface area (Å²) in [5, 5.41) is 18.6. The predicted molar refractivity (Wildman–Crippen MR) is 56.2 cm³/mol. The van der Waals surface area contributed by atoms with Crippen LogP contribution in [0.2, 0.25) is 0 Å². The second kappa shape index (κ2) is 5.86. The first kappa shape index (κ1) is 12.2. The van der Waals surface area contributed by atoms with Gasteiger partial charge in [0.15, 0.2) is 0 Å². The van der Waals surface area contributed by atoms with Crippen molar-refractivity contribution in [1.29, 1.82) is 10.5 Å². The molecule has 0 aromatic heterocycles. The van der Waals surface area contributed by atoms with Crippen molar-refractivity contribution in [3.05, 3.63) is 12.2 Å². The smallest absolute Gasteiger partial charge is 0.247 e. The SMILES string of the molecule is N#C/C=C\C(=O)N1CCN(N)C[C@@H]1CC#N. The molecule has 6 heteroatoms. The average Bonchev–Trinajstić information content (AvgIpc) is 2.26. The molecule has 0 aliphatic carbocycles. The van der Waals surface area contributed by atoms with E-state index in [9.17, 15) is 4.79 Å². The fraction of sp³-hybridized carbons (Fsp3) is 0.500. The molecule has 1 aliphatic rings. The van der Waals surface area contributed by atoms with Gasteiger partial charge in [-0.2, -0.15) is 10.5 Å². The first-order valence-electron chi connectivity index (χ1n) is 4.92. The summed E-state index contributed by atoms with van der Waals surface area (Å²) in [7, 11) is 0. The monoisotopic (exact) mass is 219 g/mol. The third-order valence-electron chi connectivity index (χ3n) is 2.42. The van der Waals surface area contributed by atoms with E-state index in [0.717, 1.165) is 6.08 Å². The Kier molecular flexibility index (Phi) is 4.46. The van der Waals surface area contributed by atoms with E-state index in [4.69, 9.17) is 16.4 Å². The van der Waals surface area contributed by atoms with Crippen molar-refractivity contribution in [2.45, 2.75) is 12.5 Å². The molecule has 1 heterocycles. The van der Waals surface area contributed by atoms with Crippen LogP contribution >= 0.6 is 0 Å². The number of nitrogens with two attached hydrogens (primary N) is 1. The van der Waals surface area contributed by atoms with E-state index >= 15 is 0 Å². The molecule has 1 rings (SSSR count). The summed E-state index contributed by atoms with van der Waals surface area (Å²) in [6.07, 6.45) is 2.61. The Morgan fingerprint density at radius 2 is 2.25 bits per heavy atom. The Morgan fingerprint density at radius 3 is 2.88 bits per heavy atom. The zero-order chi connectivity index (χ0) is 12.0. The Labute approximate surface area is 94.1 Å². The topological polar surface area (TPSA) is 97.2 Å². The fourth-order valence-electron chi connectivity index (χ4n) is 1.65. The maximum Gasteiger partial charge on any atom is 0.247 e. The highest BCUT2D eigenvalue weighted by Crippen LogP contribution is 2.11. The van der Waals surface area contributed by atoms with Crippen LogP contribution in [0.1, 0.15) is 6.42 Å². The van der Waals surface area contributed by atoms with E-state index < -0.39 is 0 Å². The maximum atomic E-state index is 11.7. The lowest BCUT2D eigenvalue weighted by Gasteiger charge is -2.38. The summed E-state index contributed by atoms with van der Waals surface area (Å²) in [5.41, 5.74) is 0. The molecule has 0 spiro atoms. The van der Waals surface area contributed by atoms with Gasteiger partial charge in [-0.15, -0.1) is 0 Å². The molecule has 1 aliphatic heterocycles. The number of nitriles is 2. The second-order valence-electron chi connectivity index (χ2n) is 3.51. The molecule has 6 nitrogen and oxygen atoms in total. The van der Waals surface area contributed by atoms with Gasteiger partial charge in [-0.3, -0.25) is 10.6 Å². The van der Waals surface area contributed by atoms with E-state index in [2.05, 4.69) is 0 Å². The van der Waals surface area contributed by atoms with E-state index in [1.165, 1.54) is 6.08 Å². The molecule has 1 saturated heterocycles. The van der Waals surface area contributed by atoms with Crippen LogP contribution in [0.15, 0.2) is 12.2 Å². The summed E-state index contributed by atoms with van der Waals surface area (Å²) in [4.78, 5) is 13.3. The van der Waals surface area contributed by atoms with Crippen molar-refractivity contribution in [2.24, 2.45) is 5.84 Å². The minimum absolute atomic E-state index is 0.195. The van der Waals surface area contributed by atoms with Crippen molar-refractivity contribution >= 4 is 5.91 Å². The van der Waals surface area contributed by atoms with Crippen molar-refractivity contribution in [2.75, 3.05) is 19.6 Å². The molecule has 0 unspecified atom stereocenters. The average molecular weight is 219 g/mol.